The fourth-order valence-electron chi connectivity index (χ4n) is 3.15. The summed E-state index contributed by atoms with van der Waals surface area (Å²) in [6.07, 6.45) is 1.47. The minimum atomic E-state index is -0.574. The molecule has 0 saturated heterocycles. The normalized spacial score (nSPS) is 12.5. The van der Waals surface area contributed by atoms with Crippen LogP contribution in [0.5, 0.6) is 5.75 Å². The Bertz CT molecular complexity index is 843. The number of benzene rings is 2. The first-order valence-electron chi connectivity index (χ1n) is 8.62. The second-order valence-electron chi connectivity index (χ2n) is 6.24. The maximum Gasteiger partial charge on any atom is 0.257 e. The number of aliphatic hydroxyl groups excluding tert-OH is 1. The smallest absolute Gasteiger partial charge is 0.257 e. The molecule has 1 N–H and O–H groups in total. The Morgan fingerprint density at radius 3 is 2.60 bits per heavy atom. The summed E-state index contributed by atoms with van der Waals surface area (Å²) >= 11 is 3.41. The van der Waals surface area contributed by atoms with Crippen LogP contribution >= 0.6 is 15.9 Å². The van der Waals surface area contributed by atoms with Crippen LogP contribution in [0.4, 0.5) is 0 Å². The zero-order valence-corrected chi connectivity index (χ0v) is 16.2. The number of hydrogen-bond acceptors (Lipinski definition) is 2. The number of para-hydroxylation sites is 2. The third kappa shape index (κ3) is 4.05. The molecule has 0 bridgehead atoms. The Balaban J connectivity index is 1.77. The van der Waals surface area contributed by atoms with Gasteiger partial charge in [0.25, 0.3) is 5.82 Å². The van der Waals surface area contributed by atoms with Gasteiger partial charge in [-0.1, -0.05) is 35.0 Å². The van der Waals surface area contributed by atoms with Crippen LogP contribution in [0, 0.1) is 0 Å². The largest absolute Gasteiger partial charge is 0.491 e. The number of nitrogens with zero attached hydrogens (tertiary/aromatic N) is 2. The van der Waals surface area contributed by atoms with Crippen molar-refractivity contribution >= 4 is 27.0 Å². The Kier molecular flexibility index (Phi) is 5.76. The zero-order valence-electron chi connectivity index (χ0n) is 14.7. The first-order valence-corrected chi connectivity index (χ1v) is 9.42. The molecule has 1 heterocycles. The maximum absolute atomic E-state index is 10.5. The molecule has 0 aliphatic heterocycles. The number of halogens is 1. The molecule has 1 aromatic heterocycles. The van der Waals surface area contributed by atoms with E-state index in [2.05, 4.69) is 57.2 Å². The van der Waals surface area contributed by atoms with Crippen molar-refractivity contribution in [3.05, 3.63) is 58.8 Å². The quantitative estimate of drug-likeness (QED) is 0.611. The summed E-state index contributed by atoms with van der Waals surface area (Å²) in [5.74, 6) is 1.99. The summed E-state index contributed by atoms with van der Waals surface area (Å²) in [5.41, 5.74) is 2.34. The van der Waals surface area contributed by atoms with Crippen molar-refractivity contribution < 1.29 is 14.4 Å². The Labute approximate surface area is 156 Å². The average molecular weight is 404 g/mol. The van der Waals surface area contributed by atoms with Crippen LogP contribution in [0.25, 0.3) is 11.0 Å². The van der Waals surface area contributed by atoms with Gasteiger partial charge in [0.1, 0.15) is 25.0 Å². The molecular weight excluding hydrogens is 380 g/mol. The molecule has 25 heavy (non-hydrogen) atoms. The fraction of sp³-hybridized carbons (Fsp3) is 0.350. The van der Waals surface area contributed by atoms with Crippen LogP contribution in [-0.4, -0.2) is 22.4 Å². The van der Waals surface area contributed by atoms with Crippen LogP contribution in [0.15, 0.2) is 53.0 Å². The average Bonchev–Trinajstić information content (AvgIpc) is 2.88. The topological polar surface area (TPSA) is 38.3 Å². The molecule has 0 spiro atoms. The molecule has 0 aliphatic rings. The van der Waals surface area contributed by atoms with Crippen molar-refractivity contribution in [1.82, 2.24) is 4.57 Å². The fourth-order valence-corrected chi connectivity index (χ4v) is 3.42. The van der Waals surface area contributed by atoms with Crippen molar-refractivity contribution in [3.63, 3.8) is 0 Å². The van der Waals surface area contributed by atoms with E-state index in [0.717, 1.165) is 28.6 Å². The number of aromatic nitrogens is 2. The Morgan fingerprint density at radius 1 is 1.16 bits per heavy atom. The first-order chi connectivity index (χ1) is 12.1. The highest BCUT2D eigenvalue weighted by Crippen LogP contribution is 2.18. The third-order valence-electron chi connectivity index (χ3n) is 4.36. The lowest BCUT2D eigenvalue weighted by molar-refractivity contribution is -0.654. The molecule has 2 aromatic carbocycles. The molecule has 132 valence electrons. The Morgan fingerprint density at radius 2 is 1.88 bits per heavy atom. The van der Waals surface area contributed by atoms with Gasteiger partial charge in [-0.25, -0.2) is 9.13 Å². The van der Waals surface area contributed by atoms with Crippen LogP contribution < -0.4 is 9.30 Å². The summed E-state index contributed by atoms with van der Waals surface area (Å²) in [7, 11) is 2.09. The van der Waals surface area contributed by atoms with Gasteiger partial charge in [0.15, 0.2) is 11.0 Å². The van der Waals surface area contributed by atoms with Crippen LogP contribution in [0.2, 0.25) is 0 Å². The van der Waals surface area contributed by atoms with Gasteiger partial charge in [-0.2, -0.15) is 0 Å². The predicted molar refractivity (Wildman–Crippen MR) is 103 cm³/mol. The summed E-state index contributed by atoms with van der Waals surface area (Å²) in [6.45, 7) is 2.96. The van der Waals surface area contributed by atoms with Crippen LogP contribution in [-0.2, 0) is 20.0 Å². The van der Waals surface area contributed by atoms with E-state index >= 15 is 0 Å². The molecule has 0 radical (unpaired) electrons. The van der Waals surface area contributed by atoms with Crippen molar-refractivity contribution in [2.24, 2.45) is 7.05 Å². The van der Waals surface area contributed by atoms with Gasteiger partial charge >= 0.3 is 0 Å². The molecule has 5 heteroatoms. The Hall–Kier alpha value is -1.85. The summed E-state index contributed by atoms with van der Waals surface area (Å²) in [4.78, 5) is 0. The van der Waals surface area contributed by atoms with E-state index in [1.165, 1.54) is 11.3 Å². The lowest BCUT2D eigenvalue weighted by Gasteiger charge is -2.12. The highest BCUT2D eigenvalue weighted by atomic mass is 79.9. The van der Waals surface area contributed by atoms with Gasteiger partial charge in [0, 0.05) is 10.9 Å². The number of hydrogen-bond donors (Lipinski definition) is 1. The first kappa shape index (κ1) is 18.0. The number of ether oxygens (including phenoxy) is 1. The van der Waals surface area contributed by atoms with E-state index in [-0.39, 0.29) is 6.61 Å². The van der Waals surface area contributed by atoms with Crippen molar-refractivity contribution in [3.8, 4) is 5.75 Å². The minimum absolute atomic E-state index is 0.267. The van der Waals surface area contributed by atoms with E-state index in [9.17, 15) is 5.11 Å². The van der Waals surface area contributed by atoms with Crippen molar-refractivity contribution in [2.45, 2.75) is 32.4 Å². The highest BCUT2D eigenvalue weighted by molar-refractivity contribution is 9.10. The van der Waals surface area contributed by atoms with Crippen molar-refractivity contribution in [1.29, 1.82) is 0 Å². The van der Waals surface area contributed by atoms with Crippen LogP contribution in [0.3, 0.4) is 0 Å². The van der Waals surface area contributed by atoms with Gasteiger partial charge in [-0.15, -0.1) is 0 Å². The maximum atomic E-state index is 10.5. The predicted octanol–water partition coefficient (Wildman–Crippen LogP) is 3.62. The molecule has 0 amide bonds. The lowest BCUT2D eigenvalue weighted by Crippen LogP contribution is -2.34. The second-order valence-corrected chi connectivity index (χ2v) is 7.16. The highest BCUT2D eigenvalue weighted by Gasteiger charge is 2.23. The molecule has 0 fully saturated rings. The second kappa shape index (κ2) is 8.02. The third-order valence-corrected chi connectivity index (χ3v) is 4.88. The zero-order chi connectivity index (χ0) is 17.8. The van der Waals surface area contributed by atoms with E-state index in [0.29, 0.717) is 6.54 Å². The van der Waals surface area contributed by atoms with E-state index in [4.69, 9.17) is 4.74 Å². The molecule has 3 rings (SSSR count). The number of aryl methyl sites for hydroxylation is 1. The summed E-state index contributed by atoms with van der Waals surface area (Å²) in [6, 6.07) is 16.0. The van der Waals surface area contributed by atoms with E-state index in [1.54, 1.807) is 0 Å². The standard InChI is InChI=1S/C20H24BrN2O2/c1-3-6-20-22(2)18-7-4-5-8-19(18)23(20)13-16(24)14-25-17-11-9-15(21)10-12-17/h4-5,7-12,16,24H,3,6,13-14H2,1-2H3/q+1/t16-/m0/s1. The SMILES string of the molecule is CCCc1n(C[C@H](O)COc2ccc(Br)cc2)c2ccccc2[n+]1C. The van der Waals surface area contributed by atoms with Gasteiger partial charge < -0.3 is 9.84 Å². The number of imidazole rings is 1. The van der Waals surface area contributed by atoms with Crippen molar-refractivity contribution in [2.75, 3.05) is 6.61 Å². The summed E-state index contributed by atoms with van der Waals surface area (Å²) < 4.78 is 11.2. The van der Waals surface area contributed by atoms with E-state index < -0.39 is 6.10 Å². The van der Waals surface area contributed by atoms with Crippen LogP contribution in [0.1, 0.15) is 19.2 Å². The van der Waals surface area contributed by atoms with Gasteiger partial charge in [-0.3, -0.25) is 0 Å². The summed E-state index contributed by atoms with van der Waals surface area (Å²) in [5, 5.41) is 10.5. The van der Waals surface area contributed by atoms with Gasteiger partial charge in [-0.05, 0) is 42.8 Å². The monoisotopic (exact) mass is 403 g/mol. The number of fused-ring (bicyclic) bond motifs is 1. The molecule has 4 nitrogen and oxygen atoms in total. The van der Waals surface area contributed by atoms with Gasteiger partial charge in [0.05, 0.1) is 7.05 Å². The molecule has 3 aromatic rings. The minimum Gasteiger partial charge on any atom is -0.491 e. The molecule has 0 unspecified atom stereocenters. The molecule has 1 atom stereocenters. The van der Waals surface area contributed by atoms with Gasteiger partial charge in [0.2, 0.25) is 0 Å². The molecular formula is C20H24BrN2O2+. The molecule has 0 aliphatic carbocycles. The molecule has 0 saturated carbocycles. The lowest BCUT2D eigenvalue weighted by atomic mass is 10.3. The number of rotatable bonds is 7. The van der Waals surface area contributed by atoms with E-state index in [1.807, 2.05) is 30.3 Å². The number of aliphatic hydroxyl groups is 1.